The maximum Gasteiger partial charge on any atom is 0.0558 e. The predicted molar refractivity (Wildman–Crippen MR) is 202 cm³/mol. The molecule has 0 aliphatic heterocycles. The lowest BCUT2D eigenvalue weighted by Crippen LogP contribution is -2.16. The van der Waals surface area contributed by atoms with Crippen LogP contribution in [0.2, 0.25) is 0 Å². The first-order chi connectivity index (χ1) is 23.1. The molecule has 0 spiro atoms. The summed E-state index contributed by atoms with van der Waals surface area (Å²) in [7, 11) is 0. The molecular formula is C45H33NS. The molecule has 0 unspecified atom stereocenters. The van der Waals surface area contributed by atoms with Crippen LogP contribution in [0.3, 0.4) is 0 Å². The highest BCUT2D eigenvalue weighted by atomic mass is 32.1. The number of hydrogen-bond acceptors (Lipinski definition) is 2. The second kappa shape index (κ2) is 10.8. The van der Waals surface area contributed by atoms with Gasteiger partial charge in [-0.25, -0.2) is 0 Å². The molecule has 0 atom stereocenters. The number of anilines is 3. The van der Waals surface area contributed by atoms with E-state index in [1.165, 1.54) is 70.4 Å². The van der Waals surface area contributed by atoms with Crippen molar-refractivity contribution in [1.29, 1.82) is 0 Å². The molecule has 8 aromatic rings. The van der Waals surface area contributed by atoms with Gasteiger partial charge in [-0.15, -0.1) is 11.3 Å². The lowest BCUT2D eigenvalue weighted by molar-refractivity contribution is 0.661. The quantitative estimate of drug-likeness (QED) is 0.185. The molecule has 2 heteroatoms. The average Bonchev–Trinajstić information content (AvgIpc) is 3.63. The summed E-state index contributed by atoms with van der Waals surface area (Å²) in [5.41, 5.74) is 13.8. The summed E-state index contributed by atoms with van der Waals surface area (Å²) in [4.78, 5) is 2.48. The van der Waals surface area contributed by atoms with Gasteiger partial charge in [-0.1, -0.05) is 141 Å². The van der Waals surface area contributed by atoms with E-state index in [9.17, 15) is 0 Å². The van der Waals surface area contributed by atoms with Crippen LogP contribution in [0.25, 0.3) is 53.6 Å². The van der Waals surface area contributed by atoms with Crippen molar-refractivity contribution in [3.8, 4) is 33.4 Å². The van der Waals surface area contributed by atoms with E-state index in [0.717, 1.165) is 11.4 Å². The van der Waals surface area contributed by atoms with Gasteiger partial charge in [-0.3, -0.25) is 0 Å². The molecule has 0 radical (unpaired) electrons. The number of thiophene rings is 1. The van der Waals surface area contributed by atoms with Crippen molar-refractivity contribution < 1.29 is 0 Å². The molecule has 0 N–H and O–H groups in total. The molecule has 1 aliphatic rings. The normalized spacial score (nSPS) is 13.1. The SMILES string of the molecule is CC1(C)c2ccccc2-c2c1cc(N(c1ccc(-c3ccccc3)cc1)c1ccc(-c3ccccc3)cc1)c1c2sc2ccccc21. The van der Waals surface area contributed by atoms with Crippen molar-refractivity contribution in [2.75, 3.05) is 4.90 Å². The van der Waals surface area contributed by atoms with Crippen molar-refractivity contribution in [3.63, 3.8) is 0 Å². The minimum Gasteiger partial charge on any atom is -0.310 e. The van der Waals surface area contributed by atoms with E-state index in [1.807, 2.05) is 11.3 Å². The van der Waals surface area contributed by atoms with Gasteiger partial charge in [0.2, 0.25) is 0 Å². The van der Waals surface area contributed by atoms with Crippen molar-refractivity contribution >= 4 is 48.6 Å². The Morgan fingerprint density at radius 1 is 0.489 bits per heavy atom. The molecule has 224 valence electrons. The van der Waals surface area contributed by atoms with Gasteiger partial charge >= 0.3 is 0 Å². The fourth-order valence-electron chi connectivity index (χ4n) is 7.50. The zero-order chi connectivity index (χ0) is 31.5. The van der Waals surface area contributed by atoms with Crippen molar-refractivity contribution in [2.24, 2.45) is 0 Å². The summed E-state index contributed by atoms with van der Waals surface area (Å²) in [6.45, 7) is 4.77. The Hall–Kier alpha value is -5.44. The van der Waals surface area contributed by atoms with Gasteiger partial charge in [0.15, 0.2) is 0 Å². The van der Waals surface area contributed by atoms with Crippen LogP contribution in [-0.4, -0.2) is 0 Å². The predicted octanol–water partition coefficient (Wildman–Crippen LogP) is 13.2. The number of hydrogen-bond donors (Lipinski definition) is 0. The van der Waals surface area contributed by atoms with Crippen LogP contribution in [0.15, 0.2) is 164 Å². The monoisotopic (exact) mass is 619 g/mol. The molecule has 0 fully saturated rings. The standard InChI is InChI=1S/C45H33NS/c1-45(2)38-19-11-9-17-36(38)42-39(45)29-40(43-37-18-10-12-20-41(37)47-44(42)43)46(34-25-21-32(22-26-34)30-13-5-3-6-14-30)35-27-23-33(24-28-35)31-15-7-4-8-16-31/h3-29H,1-2H3. The molecule has 0 amide bonds. The van der Waals surface area contributed by atoms with E-state index < -0.39 is 0 Å². The zero-order valence-corrected chi connectivity index (χ0v) is 27.3. The molecule has 0 saturated heterocycles. The van der Waals surface area contributed by atoms with Gasteiger partial charge in [0.25, 0.3) is 0 Å². The summed E-state index contributed by atoms with van der Waals surface area (Å²) in [5.74, 6) is 0. The van der Waals surface area contributed by atoms with E-state index in [-0.39, 0.29) is 5.41 Å². The second-order valence-corrected chi connectivity index (χ2v) is 14.0. The van der Waals surface area contributed by atoms with Crippen molar-refractivity contribution in [2.45, 2.75) is 19.3 Å². The van der Waals surface area contributed by atoms with Crippen LogP contribution in [0.5, 0.6) is 0 Å². The van der Waals surface area contributed by atoms with Crippen LogP contribution in [0.4, 0.5) is 17.1 Å². The summed E-state index contributed by atoms with van der Waals surface area (Å²) in [5, 5.41) is 2.62. The third-order valence-electron chi connectivity index (χ3n) is 9.88. The first-order valence-corrected chi connectivity index (χ1v) is 17.1. The minimum atomic E-state index is -0.120. The van der Waals surface area contributed by atoms with E-state index in [0.29, 0.717) is 0 Å². The van der Waals surface area contributed by atoms with Gasteiger partial charge in [0.1, 0.15) is 0 Å². The largest absolute Gasteiger partial charge is 0.310 e. The molecular weight excluding hydrogens is 587 g/mol. The van der Waals surface area contributed by atoms with Crippen LogP contribution in [-0.2, 0) is 5.41 Å². The van der Waals surface area contributed by atoms with E-state index in [4.69, 9.17) is 0 Å². The van der Waals surface area contributed by atoms with Crippen LogP contribution in [0.1, 0.15) is 25.0 Å². The van der Waals surface area contributed by atoms with Crippen LogP contribution in [0, 0.1) is 0 Å². The summed E-state index contributed by atoms with van der Waals surface area (Å²) < 4.78 is 2.68. The Morgan fingerprint density at radius 2 is 1.00 bits per heavy atom. The van der Waals surface area contributed by atoms with Gasteiger partial charge in [0, 0.05) is 42.5 Å². The summed E-state index contributed by atoms with van der Waals surface area (Å²) in [6, 6.07) is 59.8. The highest BCUT2D eigenvalue weighted by Gasteiger charge is 2.38. The van der Waals surface area contributed by atoms with E-state index in [1.54, 1.807) is 0 Å². The lowest BCUT2D eigenvalue weighted by atomic mass is 9.82. The Morgan fingerprint density at radius 3 is 1.62 bits per heavy atom. The molecule has 9 rings (SSSR count). The highest BCUT2D eigenvalue weighted by molar-refractivity contribution is 7.26. The first kappa shape index (κ1) is 27.8. The van der Waals surface area contributed by atoms with Gasteiger partial charge in [-0.2, -0.15) is 0 Å². The third kappa shape index (κ3) is 4.44. The fourth-order valence-corrected chi connectivity index (χ4v) is 8.79. The molecule has 0 bridgehead atoms. The minimum absolute atomic E-state index is 0.120. The van der Waals surface area contributed by atoms with Crippen LogP contribution < -0.4 is 4.90 Å². The smallest absolute Gasteiger partial charge is 0.0558 e. The second-order valence-electron chi connectivity index (χ2n) is 13.0. The Bertz CT molecular complexity index is 2320. The molecule has 7 aromatic carbocycles. The molecule has 1 nitrogen and oxygen atoms in total. The molecule has 1 aliphatic carbocycles. The summed E-state index contributed by atoms with van der Waals surface area (Å²) >= 11 is 1.93. The van der Waals surface area contributed by atoms with Gasteiger partial charge < -0.3 is 4.90 Å². The fraction of sp³-hybridized carbons (Fsp3) is 0.0667. The maximum atomic E-state index is 2.49. The highest BCUT2D eigenvalue weighted by Crippen LogP contribution is 2.57. The number of rotatable bonds is 5. The molecule has 47 heavy (non-hydrogen) atoms. The number of nitrogens with zero attached hydrogens (tertiary/aromatic N) is 1. The molecule has 1 heterocycles. The van der Waals surface area contributed by atoms with Gasteiger partial charge in [-0.05, 0) is 75.3 Å². The Kier molecular flexibility index (Phi) is 6.41. The van der Waals surface area contributed by atoms with Gasteiger partial charge in [0.05, 0.1) is 5.69 Å². The Balaban J connectivity index is 1.32. The molecule has 1 aromatic heterocycles. The zero-order valence-electron chi connectivity index (χ0n) is 26.4. The number of benzene rings is 7. The lowest BCUT2D eigenvalue weighted by Gasteiger charge is -2.29. The Labute approximate surface area is 280 Å². The van der Waals surface area contributed by atoms with Crippen molar-refractivity contribution in [3.05, 3.63) is 175 Å². The first-order valence-electron chi connectivity index (χ1n) is 16.3. The molecule has 0 saturated carbocycles. The number of fused-ring (bicyclic) bond motifs is 7. The topological polar surface area (TPSA) is 3.24 Å². The van der Waals surface area contributed by atoms with Crippen LogP contribution >= 0.6 is 11.3 Å². The maximum absolute atomic E-state index is 2.49. The van der Waals surface area contributed by atoms with E-state index >= 15 is 0 Å². The van der Waals surface area contributed by atoms with Crippen molar-refractivity contribution in [1.82, 2.24) is 0 Å². The summed E-state index contributed by atoms with van der Waals surface area (Å²) in [6.07, 6.45) is 0. The third-order valence-corrected chi connectivity index (χ3v) is 11.1. The average molecular weight is 620 g/mol. The van der Waals surface area contributed by atoms with E-state index in [2.05, 4.69) is 183 Å².